The lowest BCUT2D eigenvalue weighted by Crippen LogP contribution is -2.47. The van der Waals surface area contributed by atoms with Crippen LogP contribution in [0.3, 0.4) is 0 Å². The van der Waals surface area contributed by atoms with Crippen molar-refractivity contribution in [2.75, 3.05) is 4.90 Å². The molecule has 104 valence electrons. The monoisotopic (exact) mass is 262 g/mol. The van der Waals surface area contributed by atoms with Gasteiger partial charge in [0.1, 0.15) is 5.69 Å². The van der Waals surface area contributed by atoms with Gasteiger partial charge in [0.2, 0.25) is 5.91 Å². The summed E-state index contributed by atoms with van der Waals surface area (Å²) in [4.78, 5) is 26.5. The van der Waals surface area contributed by atoms with Crippen LogP contribution in [0.15, 0.2) is 17.1 Å². The molecular weight excluding hydrogens is 240 g/mol. The van der Waals surface area contributed by atoms with Crippen molar-refractivity contribution in [2.45, 2.75) is 59.0 Å². The number of nitrogens with zero attached hydrogens (tertiary/aromatic N) is 2. The van der Waals surface area contributed by atoms with E-state index in [2.05, 4.69) is 0 Å². The smallest absolute Gasteiger partial charge is 0.275 e. The van der Waals surface area contributed by atoms with Crippen LogP contribution in [0.2, 0.25) is 0 Å². The molecule has 1 amide bonds. The molecule has 0 saturated carbocycles. The third-order valence-corrected chi connectivity index (χ3v) is 3.36. The summed E-state index contributed by atoms with van der Waals surface area (Å²) in [5, 5.41) is 0. The third-order valence-electron chi connectivity index (χ3n) is 3.36. The number of carbonyl (C=O) groups is 1. The van der Waals surface area contributed by atoms with Gasteiger partial charge >= 0.3 is 0 Å². The Balaban J connectivity index is 2.70. The van der Waals surface area contributed by atoms with Crippen molar-refractivity contribution < 1.29 is 4.79 Å². The normalized spacial score (nSPS) is 15.9. The number of aromatic nitrogens is 1. The summed E-state index contributed by atoms with van der Waals surface area (Å²) in [6, 6.07) is 1.89. The molecule has 0 saturated heterocycles. The van der Waals surface area contributed by atoms with Crippen LogP contribution < -0.4 is 10.5 Å². The number of hydrogen-bond acceptors (Lipinski definition) is 2. The molecule has 0 radical (unpaired) electrons. The van der Waals surface area contributed by atoms with Crippen LogP contribution in [0.25, 0.3) is 0 Å². The summed E-state index contributed by atoms with van der Waals surface area (Å²) in [6.07, 6.45) is 2.12. The lowest BCUT2D eigenvalue weighted by atomic mass is 10.1. The molecule has 0 spiro atoms. The van der Waals surface area contributed by atoms with E-state index in [0.29, 0.717) is 12.1 Å². The highest BCUT2D eigenvalue weighted by Crippen LogP contribution is 2.32. The second-order valence-electron chi connectivity index (χ2n) is 7.11. The molecule has 4 nitrogen and oxygen atoms in total. The van der Waals surface area contributed by atoms with Gasteiger partial charge in [-0.3, -0.25) is 9.59 Å². The van der Waals surface area contributed by atoms with Gasteiger partial charge in [-0.2, -0.15) is 0 Å². The van der Waals surface area contributed by atoms with Crippen LogP contribution in [0.1, 0.15) is 47.1 Å². The maximum Gasteiger partial charge on any atom is 0.275 e. The molecule has 2 rings (SSSR count). The van der Waals surface area contributed by atoms with Crippen LogP contribution in [0.4, 0.5) is 5.69 Å². The number of pyridine rings is 1. The molecule has 0 unspecified atom stereocenters. The standard InChI is InChI=1S/C15H22N2O2/c1-14(2,3)16-8-7-10-9-11(18)17(15(4,5)6)12(10)13(16)19/h7-8H,9H2,1-6H3. The molecule has 0 bridgehead atoms. The lowest BCUT2D eigenvalue weighted by molar-refractivity contribution is -0.118. The first-order valence-corrected chi connectivity index (χ1v) is 6.61. The van der Waals surface area contributed by atoms with E-state index in [-0.39, 0.29) is 22.5 Å². The topological polar surface area (TPSA) is 42.3 Å². The van der Waals surface area contributed by atoms with Crippen molar-refractivity contribution in [3.8, 4) is 0 Å². The van der Waals surface area contributed by atoms with E-state index in [1.807, 2.05) is 47.6 Å². The molecule has 0 aromatic carbocycles. The number of amides is 1. The molecule has 0 aliphatic carbocycles. The van der Waals surface area contributed by atoms with Crippen molar-refractivity contribution in [3.63, 3.8) is 0 Å². The maximum absolute atomic E-state index is 12.7. The van der Waals surface area contributed by atoms with Gasteiger partial charge < -0.3 is 9.47 Å². The van der Waals surface area contributed by atoms with Gasteiger partial charge in [0.25, 0.3) is 5.56 Å². The molecular formula is C15H22N2O2. The predicted molar refractivity (Wildman–Crippen MR) is 76.6 cm³/mol. The van der Waals surface area contributed by atoms with Gasteiger partial charge in [0.05, 0.1) is 6.42 Å². The van der Waals surface area contributed by atoms with Crippen molar-refractivity contribution in [2.24, 2.45) is 0 Å². The maximum atomic E-state index is 12.7. The Morgan fingerprint density at radius 3 is 2.05 bits per heavy atom. The van der Waals surface area contributed by atoms with Gasteiger partial charge in [0, 0.05) is 17.3 Å². The summed E-state index contributed by atoms with van der Waals surface area (Å²) in [7, 11) is 0. The van der Waals surface area contributed by atoms with Crippen LogP contribution in [-0.2, 0) is 16.8 Å². The molecule has 4 heteroatoms. The SMILES string of the molecule is CC(C)(C)N1C(=O)Cc2ccn(C(C)(C)C)c(=O)c21. The van der Waals surface area contributed by atoms with Crippen molar-refractivity contribution in [1.29, 1.82) is 0 Å². The van der Waals surface area contributed by atoms with E-state index in [1.54, 1.807) is 15.7 Å². The Morgan fingerprint density at radius 1 is 1.00 bits per heavy atom. The lowest BCUT2D eigenvalue weighted by Gasteiger charge is -2.33. The Hall–Kier alpha value is -1.58. The largest absolute Gasteiger partial charge is 0.308 e. The van der Waals surface area contributed by atoms with Gasteiger partial charge in [0.15, 0.2) is 0 Å². The van der Waals surface area contributed by atoms with E-state index in [1.165, 1.54) is 0 Å². The minimum Gasteiger partial charge on any atom is -0.308 e. The molecule has 2 heterocycles. The van der Waals surface area contributed by atoms with E-state index in [0.717, 1.165) is 5.56 Å². The fourth-order valence-corrected chi connectivity index (χ4v) is 2.55. The first-order valence-electron chi connectivity index (χ1n) is 6.61. The highest BCUT2D eigenvalue weighted by Gasteiger charge is 2.38. The second kappa shape index (κ2) is 3.95. The zero-order valence-electron chi connectivity index (χ0n) is 12.6. The Labute approximate surface area is 114 Å². The fraction of sp³-hybridized carbons (Fsp3) is 0.600. The van der Waals surface area contributed by atoms with Crippen LogP contribution in [-0.4, -0.2) is 16.0 Å². The highest BCUT2D eigenvalue weighted by molar-refractivity contribution is 6.02. The average molecular weight is 262 g/mol. The van der Waals surface area contributed by atoms with Crippen molar-refractivity contribution >= 4 is 11.6 Å². The van der Waals surface area contributed by atoms with Gasteiger partial charge in [-0.25, -0.2) is 0 Å². The Morgan fingerprint density at radius 2 is 1.58 bits per heavy atom. The van der Waals surface area contributed by atoms with E-state index >= 15 is 0 Å². The highest BCUT2D eigenvalue weighted by atomic mass is 16.2. The van der Waals surface area contributed by atoms with Crippen molar-refractivity contribution in [1.82, 2.24) is 4.57 Å². The number of hydrogen-bond donors (Lipinski definition) is 0. The van der Waals surface area contributed by atoms with E-state index in [9.17, 15) is 9.59 Å². The van der Waals surface area contributed by atoms with Crippen LogP contribution in [0.5, 0.6) is 0 Å². The summed E-state index contributed by atoms with van der Waals surface area (Å²) in [6.45, 7) is 11.8. The molecule has 19 heavy (non-hydrogen) atoms. The average Bonchev–Trinajstić information content (AvgIpc) is 2.52. The number of anilines is 1. The van der Waals surface area contributed by atoms with E-state index < -0.39 is 0 Å². The molecule has 1 aromatic rings. The Bertz CT molecular complexity index is 586. The molecule has 1 aliphatic heterocycles. The van der Waals surface area contributed by atoms with Crippen LogP contribution in [0, 0.1) is 0 Å². The minimum absolute atomic E-state index is 0.00580. The van der Waals surface area contributed by atoms with Crippen molar-refractivity contribution in [3.05, 3.63) is 28.2 Å². The molecule has 1 aromatic heterocycles. The Kier molecular flexibility index (Phi) is 2.88. The van der Waals surface area contributed by atoms with Gasteiger partial charge in [-0.15, -0.1) is 0 Å². The summed E-state index contributed by atoms with van der Waals surface area (Å²) in [5.41, 5.74) is 0.644. The first kappa shape index (κ1) is 13.8. The second-order valence-corrected chi connectivity index (χ2v) is 7.11. The van der Waals surface area contributed by atoms with E-state index in [4.69, 9.17) is 0 Å². The quantitative estimate of drug-likeness (QED) is 0.720. The molecule has 0 fully saturated rings. The number of carbonyl (C=O) groups excluding carboxylic acids is 1. The molecule has 0 N–H and O–H groups in total. The summed E-state index contributed by atoms with van der Waals surface area (Å²) < 4.78 is 1.70. The summed E-state index contributed by atoms with van der Waals surface area (Å²) >= 11 is 0. The predicted octanol–water partition coefficient (Wildman–Crippen LogP) is 2.29. The first-order chi connectivity index (χ1) is 8.53. The number of rotatable bonds is 0. The minimum atomic E-state index is -0.376. The van der Waals surface area contributed by atoms with Gasteiger partial charge in [-0.1, -0.05) is 0 Å². The van der Waals surface area contributed by atoms with Gasteiger partial charge in [-0.05, 0) is 53.2 Å². The fourth-order valence-electron chi connectivity index (χ4n) is 2.55. The van der Waals surface area contributed by atoms with Crippen LogP contribution >= 0.6 is 0 Å². The third kappa shape index (κ3) is 2.20. The molecule has 0 atom stereocenters. The zero-order valence-corrected chi connectivity index (χ0v) is 12.6. The zero-order chi connectivity index (χ0) is 14.6. The number of fused-ring (bicyclic) bond motifs is 1. The summed E-state index contributed by atoms with van der Waals surface area (Å²) in [5.74, 6) is 0.00580. The molecule has 1 aliphatic rings.